The number of rotatable bonds is 6. The first-order valence-corrected chi connectivity index (χ1v) is 13.0. The van der Waals surface area contributed by atoms with Crippen molar-refractivity contribution in [1.29, 1.82) is 0 Å². The summed E-state index contributed by atoms with van der Waals surface area (Å²) in [4.78, 5) is 25.7. The Kier molecular flexibility index (Phi) is 6.93. The Labute approximate surface area is 209 Å². The van der Waals surface area contributed by atoms with Gasteiger partial charge >= 0.3 is 6.18 Å². The number of carbonyl (C=O) groups is 1. The molecule has 4 heterocycles. The van der Waals surface area contributed by atoms with E-state index >= 15 is 0 Å². The molecule has 0 spiro atoms. The molecule has 36 heavy (non-hydrogen) atoms. The second-order valence-electron chi connectivity index (χ2n) is 11.1. The number of aromatic nitrogens is 2. The van der Waals surface area contributed by atoms with Crippen LogP contribution in [-0.2, 0) is 20.4 Å². The van der Waals surface area contributed by atoms with Gasteiger partial charge in [0.05, 0.1) is 30.2 Å². The molecule has 2 bridgehead atoms. The van der Waals surface area contributed by atoms with Crippen LogP contribution < -0.4 is 10.2 Å². The van der Waals surface area contributed by atoms with Gasteiger partial charge in [-0.15, -0.1) is 0 Å². The van der Waals surface area contributed by atoms with Gasteiger partial charge in [0.25, 0.3) is 0 Å². The third-order valence-electron chi connectivity index (χ3n) is 8.83. The van der Waals surface area contributed by atoms with Crippen molar-refractivity contribution in [2.24, 2.45) is 11.3 Å². The first kappa shape index (κ1) is 25.7. The fourth-order valence-corrected chi connectivity index (χ4v) is 6.71. The maximum atomic E-state index is 14.0. The van der Waals surface area contributed by atoms with Crippen molar-refractivity contribution in [3.63, 3.8) is 0 Å². The van der Waals surface area contributed by atoms with Crippen LogP contribution in [0.1, 0.15) is 51.6 Å². The molecule has 1 aromatic rings. The highest BCUT2D eigenvalue weighted by molar-refractivity contribution is 5.84. The number of fused-ring (bicyclic) bond motifs is 2. The normalized spacial score (nSPS) is 34.7. The zero-order chi connectivity index (χ0) is 25.7. The number of alkyl halides is 3. The highest BCUT2D eigenvalue weighted by Crippen LogP contribution is 2.48. The van der Waals surface area contributed by atoms with Crippen LogP contribution in [0.3, 0.4) is 0 Å². The molecule has 4 aliphatic rings. The number of hydrogen-bond donors (Lipinski definition) is 1. The third kappa shape index (κ3) is 4.58. The van der Waals surface area contributed by atoms with Crippen LogP contribution in [0.15, 0.2) is 12.3 Å². The summed E-state index contributed by atoms with van der Waals surface area (Å²) >= 11 is 0. The third-order valence-corrected chi connectivity index (χ3v) is 8.83. The van der Waals surface area contributed by atoms with Gasteiger partial charge in [-0.05, 0) is 44.1 Å². The van der Waals surface area contributed by atoms with E-state index in [9.17, 15) is 18.0 Å². The number of likely N-dealkylation sites (tertiary alicyclic amines) is 1. The summed E-state index contributed by atoms with van der Waals surface area (Å²) in [6.45, 7) is 6.51. The molecule has 1 aliphatic carbocycles. The Morgan fingerprint density at radius 3 is 2.75 bits per heavy atom. The molecule has 1 aromatic heterocycles. The second-order valence-corrected chi connectivity index (χ2v) is 11.1. The van der Waals surface area contributed by atoms with Crippen molar-refractivity contribution >= 4 is 11.9 Å². The molecule has 1 N–H and O–H groups in total. The summed E-state index contributed by atoms with van der Waals surface area (Å²) in [6, 6.07) is 1.26. The molecule has 0 unspecified atom stereocenters. The second kappa shape index (κ2) is 9.72. The van der Waals surface area contributed by atoms with Crippen LogP contribution in [0, 0.1) is 11.3 Å². The molecule has 200 valence electrons. The van der Waals surface area contributed by atoms with E-state index in [1.165, 1.54) is 0 Å². The first-order chi connectivity index (χ1) is 17.1. The average molecular weight is 512 g/mol. The highest BCUT2D eigenvalue weighted by Gasteiger charge is 2.55. The van der Waals surface area contributed by atoms with E-state index in [4.69, 9.17) is 9.47 Å². The zero-order valence-corrected chi connectivity index (χ0v) is 21.1. The Morgan fingerprint density at radius 1 is 1.28 bits per heavy atom. The quantitative estimate of drug-likeness (QED) is 0.629. The van der Waals surface area contributed by atoms with Crippen LogP contribution >= 0.6 is 0 Å². The molecule has 5 rings (SSSR count). The van der Waals surface area contributed by atoms with Crippen molar-refractivity contribution in [3.8, 4) is 0 Å². The van der Waals surface area contributed by atoms with Gasteiger partial charge in [0.1, 0.15) is 5.69 Å². The van der Waals surface area contributed by atoms with Gasteiger partial charge in [0, 0.05) is 45.1 Å². The summed E-state index contributed by atoms with van der Waals surface area (Å²) < 4.78 is 50.6. The number of amides is 1. The molecule has 6 atom stereocenters. The van der Waals surface area contributed by atoms with Crippen molar-refractivity contribution in [2.45, 2.75) is 82.4 Å². The van der Waals surface area contributed by atoms with Gasteiger partial charge in [-0.25, -0.2) is 9.97 Å². The number of carbonyl (C=O) groups excluding carboxylic acids is 1. The minimum Gasteiger partial charge on any atom is -0.379 e. The molecule has 3 aliphatic heterocycles. The van der Waals surface area contributed by atoms with E-state index in [2.05, 4.69) is 29.1 Å². The van der Waals surface area contributed by atoms with E-state index in [0.29, 0.717) is 26.3 Å². The Bertz CT molecular complexity index is 963. The van der Waals surface area contributed by atoms with Gasteiger partial charge in [0.15, 0.2) is 0 Å². The number of methoxy groups -OCH3 is 1. The van der Waals surface area contributed by atoms with Crippen molar-refractivity contribution in [1.82, 2.24) is 20.2 Å². The fourth-order valence-electron chi connectivity index (χ4n) is 6.71. The van der Waals surface area contributed by atoms with Crippen molar-refractivity contribution < 1.29 is 27.4 Å². The van der Waals surface area contributed by atoms with E-state index in [0.717, 1.165) is 44.4 Å². The van der Waals surface area contributed by atoms with Gasteiger partial charge in [-0.3, -0.25) is 4.79 Å². The topological polar surface area (TPSA) is 79.8 Å². The highest BCUT2D eigenvalue weighted by atomic mass is 19.4. The van der Waals surface area contributed by atoms with Gasteiger partial charge in [-0.2, -0.15) is 13.2 Å². The lowest BCUT2D eigenvalue weighted by Crippen LogP contribution is -2.55. The fraction of sp³-hybridized carbons (Fsp3) is 0.800. The summed E-state index contributed by atoms with van der Waals surface area (Å²) in [5.41, 5.74) is -1.38. The Hall–Kier alpha value is -1.98. The van der Waals surface area contributed by atoms with Crippen LogP contribution in [0.25, 0.3) is 0 Å². The number of piperazine rings is 1. The van der Waals surface area contributed by atoms with E-state index in [1.54, 1.807) is 7.11 Å². The number of hydrogen-bond acceptors (Lipinski definition) is 7. The lowest BCUT2D eigenvalue weighted by atomic mass is 9.74. The number of nitrogens with one attached hydrogen (secondary N) is 1. The lowest BCUT2D eigenvalue weighted by molar-refractivity contribution is -0.146. The number of halogens is 3. The van der Waals surface area contributed by atoms with Gasteiger partial charge in [-0.1, -0.05) is 13.8 Å². The number of ether oxygens (including phenoxy) is 2. The van der Waals surface area contributed by atoms with E-state index in [1.807, 2.05) is 9.80 Å². The Morgan fingerprint density at radius 2 is 2.08 bits per heavy atom. The van der Waals surface area contributed by atoms with Gasteiger partial charge in [0.2, 0.25) is 11.9 Å². The first-order valence-electron chi connectivity index (χ1n) is 13.0. The largest absolute Gasteiger partial charge is 0.433 e. The molecule has 0 radical (unpaired) electrons. The number of nitrogens with zero attached hydrogens (tertiary/aromatic N) is 4. The van der Waals surface area contributed by atoms with E-state index < -0.39 is 17.3 Å². The molecule has 8 nitrogen and oxygen atoms in total. The molecular weight excluding hydrogens is 475 g/mol. The minimum atomic E-state index is -4.51. The number of anilines is 1. The molecule has 1 saturated carbocycles. The standard InChI is InChI=1S/C25H36F3N5O3/c1-15(2)24(7-4-16(11-24)30-19-6-9-36-14-20(19)35-3)22(34)32-12-18-10-17(32)13-33(18)23-29-8-5-21(31-23)25(26,27)28/h5,8,15-20,30H,4,6-7,9-14H2,1-3H3/t16-,17+,18+,19+,20-,24+/m1/s1. The summed E-state index contributed by atoms with van der Waals surface area (Å²) in [6.07, 6.45) is 0.836. The van der Waals surface area contributed by atoms with Crippen LogP contribution in [-0.4, -0.2) is 84.5 Å². The average Bonchev–Trinajstić information content (AvgIpc) is 3.58. The van der Waals surface area contributed by atoms with E-state index in [-0.39, 0.29) is 48.0 Å². The van der Waals surface area contributed by atoms with Crippen LogP contribution in [0.5, 0.6) is 0 Å². The smallest absolute Gasteiger partial charge is 0.379 e. The molecule has 3 saturated heterocycles. The molecule has 4 fully saturated rings. The van der Waals surface area contributed by atoms with Crippen LogP contribution in [0.2, 0.25) is 0 Å². The Balaban J connectivity index is 1.26. The maximum absolute atomic E-state index is 14.0. The molecule has 11 heteroatoms. The summed E-state index contributed by atoms with van der Waals surface area (Å²) in [7, 11) is 1.71. The van der Waals surface area contributed by atoms with Crippen molar-refractivity contribution in [3.05, 3.63) is 18.0 Å². The predicted octanol–water partition coefficient (Wildman–Crippen LogP) is 2.87. The maximum Gasteiger partial charge on any atom is 0.433 e. The summed E-state index contributed by atoms with van der Waals surface area (Å²) in [5, 5.41) is 3.76. The molecule has 1 amide bonds. The van der Waals surface area contributed by atoms with Crippen LogP contribution in [0.4, 0.5) is 19.1 Å². The lowest BCUT2D eigenvalue weighted by Gasteiger charge is -2.41. The van der Waals surface area contributed by atoms with Crippen molar-refractivity contribution in [2.75, 3.05) is 38.3 Å². The zero-order valence-electron chi connectivity index (χ0n) is 21.1. The monoisotopic (exact) mass is 511 g/mol. The summed E-state index contributed by atoms with van der Waals surface area (Å²) in [5.74, 6) is 0.471. The molecule has 0 aromatic carbocycles. The molecular formula is C25H36F3N5O3. The predicted molar refractivity (Wildman–Crippen MR) is 126 cm³/mol. The SMILES string of the molecule is CO[C@@H]1COCC[C@@H]1N[C@@H]1CC[C@@](C(=O)N2C[C@@H]3C[C@H]2CN3c2nccc(C(F)(F)F)n2)(C(C)C)C1. The minimum absolute atomic E-state index is 0.0156. The van der Waals surface area contributed by atoms with Gasteiger partial charge < -0.3 is 24.6 Å².